The van der Waals surface area contributed by atoms with E-state index in [1.807, 2.05) is 12.1 Å². The minimum Gasteiger partial charge on any atom is -0.289 e. The molecule has 0 bridgehead atoms. The van der Waals surface area contributed by atoms with Gasteiger partial charge in [0.1, 0.15) is 11.6 Å². The van der Waals surface area contributed by atoms with Crippen molar-refractivity contribution in [2.45, 2.75) is 0 Å². The van der Waals surface area contributed by atoms with E-state index < -0.39 is 11.6 Å². The van der Waals surface area contributed by atoms with Crippen molar-refractivity contribution in [3.05, 3.63) is 143 Å². The van der Waals surface area contributed by atoms with Gasteiger partial charge in [0, 0.05) is 22.3 Å². The van der Waals surface area contributed by atoms with Crippen LogP contribution in [0.15, 0.2) is 109 Å². The van der Waals surface area contributed by atoms with Crippen LogP contribution in [-0.4, -0.2) is 11.6 Å². The number of hydrogen-bond donors (Lipinski definition) is 0. The quantitative estimate of drug-likeness (QED) is 0.328. The van der Waals surface area contributed by atoms with Crippen molar-refractivity contribution in [2.75, 3.05) is 0 Å². The molecule has 5 rings (SSSR count). The molecule has 4 heteroatoms. The van der Waals surface area contributed by atoms with Crippen LogP contribution in [0.3, 0.4) is 0 Å². The van der Waals surface area contributed by atoms with Crippen LogP contribution < -0.4 is 0 Å². The van der Waals surface area contributed by atoms with Gasteiger partial charge in [-0.2, -0.15) is 0 Å². The van der Waals surface area contributed by atoms with Crippen molar-refractivity contribution < 1.29 is 18.4 Å². The third kappa shape index (κ3) is 3.80. The third-order valence-electron chi connectivity index (χ3n) is 5.80. The monoisotopic (exact) mass is 448 g/mol. The number of carbonyl (C=O) groups excluding carboxylic acids is 2. The van der Waals surface area contributed by atoms with E-state index in [1.165, 1.54) is 48.5 Å². The van der Waals surface area contributed by atoms with E-state index in [-0.39, 0.29) is 33.9 Å². The number of hydrogen-bond acceptors (Lipinski definition) is 2. The Labute approximate surface area is 195 Å². The highest BCUT2D eigenvalue weighted by Gasteiger charge is 2.37. The average Bonchev–Trinajstić information content (AvgIpc) is 2.87. The summed E-state index contributed by atoms with van der Waals surface area (Å²) in [5, 5.41) is 0. The summed E-state index contributed by atoms with van der Waals surface area (Å²) in [7, 11) is 0. The zero-order chi connectivity index (χ0) is 23.7. The highest BCUT2D eigenvalue weighted by molar-refractivity contribution is 6.66. The van der Waals surface area contributed by atoms with E-state index in [9.17, 15) is 18.4 Å². The summed E-state index contributed by atoms with van der Waals surface area (Å²) < 4.78 is 27.4. The van der Waals surface area contributed by atoms with Gasteiger partial charge < -0.3 is 0 Å². The molecular weight excluding hydrogens is 430 g/mol. The molecule has 0 amide bonds. The van der Waals surface area contributed by atoms with E-state index in [0.29, 0.717) is 22.3 Å². The van der Waals surface area contributed by atoms with Gasteiger partial charge in [0.2, 0.25) is 0 Å². The lowest BCUT2D eigenvalue weighted by Gasteiger charge is -2.25. The topological polar surface area (TPSA) is 34.1 Å². The van der Waals surface area contributed by atoms with Crippen LogP contribution >= 0.6 is 0 Å². The van der Waals surface area contributed by atoms with E-state index in [1.54, 1.807) is 48.5 Å². The van der Waals surface area contributed by atoms with Crippen LogP contribution in [0.1, 0.15) is 22.3 Å². The first-order chi connectivity index (χ1) is 16.5. The second-order valence-corrected chi connectivity index (χ2v) is 7.90. The minimum absolute atomic E-state index is 0.190. The standard InChI is InChI=1S/C30H18F2O2/c31-23-15-11-21(12-16-23)27-25(19-7-3-1-4-8-19)29(33)26(20-9-5-2-6-10-20)28(30(27)34)22-13-17-24(32)18-14-22/h1-18H. The summed E-state index contributed by atoms with van der Waals surface area (Å²) in [6.45, 7) is 0. The largest absolute Gasteiger partial charge is 0.289 e. The molecule has 4 aromatic rings. The van der Waals surface area contributed by atoms with E-state index in [4.69, 9.17) is 0 Å². The van der Waals surface area contributed by atoms with E-state index in [2.05, 4.69) is 0 Å². The Morgan fingerprint density at radius 3 is 0.912 bits per heavy atom. The number of benzene rings is 4. The molecule has 0 N–H and O–H groups in total. The Kier molecular flexibility index (Phi) is 5.56. The van der Waals surface area contributed by atoms with Gasteiger partial charge in [0.25, 0.3) is 0 Å². The molecule has 0 unspecified atom stereocenters. The van der Waals surface area contributed by atoms with Crippen molar-refractivity contribution in [2.24, 2.45) is 0 Å². The van der Waals surface area contributed by atoms with E-state index >= 15 is 0 Å². The summed E-state index contributed by atoms with van der Waals surface area (Å²) >= 11 is 0. The van der Waals surface area contributed by atoms with Crippen LogP contribution in [0.2, 0.25) is 0 Å². The lowest BCUT2D eigenvalue weighted by atomic mass is 9.75. The summed E-state index contributed by atoms with van der Waals surface area (Å²) in [5.74, 6) is -1.59. The first kappa shape index (κ1) is 21.4. The van der Waals surface area contributed by atoms with Gasteiger partial charge in [-0.05, 0) is 46.5 Å². The molecule has 0 heterocycles. The SMILES string of the molecule is O=C1C(c2ccccc2)=C(c2ccc(F)cc2)C(=O)C(c2ccc(F)cc2)=C1c1ccccc1. The molecule has 2 nitrogen and oxygen atoms in total. The fourth-order valence-corrected chi connectivity index (χ4v) is 4.25. The number of rotatable bonds is 4. The lowest BCUT2D eigenvalue weighted by Crippen LogP contribution is -2.22. The Morgan fingerprint density at radius 2 is 0.618 bits per heavy atom. The van der Waals surface area contributed by atoms with E-state index in [0.717, 1.165) is 0 Å². The molecule has 1 aliphatic rings. The van der Waals surface area contributed by atoms with Crippen LogP contribution in [0.4, 0.5) is 8.78 Å². The van der Waals surface area contributed by atoms with Crippen molar-refractivity contribution in [3.63, 3.8) is 0 Å². The van der Waals surface area contributed by atoms with Gasteiger partial charge in [-0.15, -0.1) is 0 Å². The highest BCUT2D eigenvalue weighted by Crippen LogP contribution is 2.43. The second-order valence-electron chi connectivity index (χ2n) is 7.90. The lowest BCUT2D eigenvalue weighted by molar-refractivity contribution is -0.111. The Hall–Kier alpha value is -4.44. The van der Waals surface area contributed by atoms with Crippen molar-refractivity contribution >= 4 is 33.9 Å². The van der Waals surface area contributed by atoms with Gasteiger partial charge in [-0.1, -0.05) is 84.9 Å². The number of ketones is 2. The van der Waals surface area contributed by atoms with Gasteiger partial charge >= 0.3 is 0 Å². The predicted octanol–water partition coefficient (Wildman–Crippen LogP) is 6.64. The highest BCUT2D eigenvalue weighted by atomic mass is 19.1. The molecule has 164 valence electrons. The molecule has 0 saturated heterocycles. The summed E-state index contributed by atoms with van der Waals surface area (Å²) in [4.78, 5) is 28.3. The molecule has 0 atom stereocenters. The number of halogens is 2. The molecule has 4 aromatic carbocycles. The number of allylic oxidation sites excluding steroid dienone is 4. The normalized spacial score (nSPS) is 14.1. The maximum Gasteiger partial charge on any atom is 0.195 e. The van der Waals surface area contributed by atoms with Crippen LogP contribution in [0.5, 0.6) is 0 Å². The van der Waals surface area contributed by atoms with Gasteiger partial charge in [0.15, 0.2) is 11.6 Å². The summed E-state index contributed by atoms with van der Waals surface area (Å²) in [6, 6.07) is 29.0. The Bertz CT molecular complexity index is 1340. The first-order valence-electron chi connectivity index (χ1n) is 10.8. The zero-order valence-corrected chi connectivity index (χ0v) is 18.0. The summed E-state index contributed by atoms with van der Waals surface area (Å²) in [5.41, 5.74) is 2.93. The maximum atomic E-state index is 14.2. The Morgan fingerprint density at radius 1 is 0.353 bits per heavy atom. The number of carbonyl (C=O) groups is 2. The smallest absolute Gasteiger partial charge is 0.195 e. The molecule has 0 saturated carbocycles. The molecule has 34 heavy (non-hydrogen) atoms. The molecule has 0 radical (unpaired) electrons. The predicted molar refractivity (Wildman–Crippen MR) is 129 cm³/mol. The van der Waals surface area contributed by atoms with Crippen LogP contribution in [-0.2, 0) is 9.59 Å². The van der Waals surface area contributed by atoms with Crippen molar-refractivity contribution in [3.8, 4) is 0 Å². The van der Waals surface area contributed by atoms with Gasteiger partial charge in [-0.3, -0.25) is 9.59 Å². The average molecular weight is 448 g/mol. The van der Waals surface area contributed by atoms with Crippen LogP contribution in [0, 0.1) is 11.6 Å². The van der Waals surface area contributed by atoms with Gasteiger partial charge in [-0.25, -0.2) is 8.78 Å². The molecule has 0 aromatic heterocycles. The fraction of sp³-hybridized carbons (Fsp3) is 0. The van der Waals surface area contributed by atoms with Crippen molar-refractivity contribution in [1.82, 2.24) is 0 Å². The number of Topliss-reactive ketones (excluding diaryl/α,β-unsaturated/α-hetero) is 2. The summed E-state index contributed by atoms with van der Waals surface area (Å²) in [6.07, 6.45) is 0. The molecular formula is C30H18F2O2. The van der Waals surface area contributed by atoms with Gasteiger partial charge in [0.05, 0.1) is 0 Å². The fourth-order valence-electron chi connectivity index (χ4n) is 4.25. The molecule has 1 aliphatic carbocycles. The zero-order valence-electron chi connectivity index (χ0n) is 18.0. The Balaban J connectivity index is 1.84. The first-order valence-corrected chi connectivity index (χ1v) is 10.8. The molecule has 0 spiro atoms. The maximum absolute atomic E-state index is 14.2. The molecule has 0 aliphatic heterocycles. The van der Waals surface area contributed by atoms with Crippen molar-refractivity contribution in [1.29, 1.82) is 0 Å². The third-order valence-corrected chi connectivity index (χ3v) is 5.80. The second kappa shape index (κ2) is 8.83. The minimum atomic E-state index is -0.445. The molecule has 0 fully saturated rings. The van der Waals surface area contributed by atoms with Crippen LogP contribution in [0.25, 0.3) is 22.3 Å².